The molecule has 0 unspecified atom stereocenters. The van der Waals surface area contributed by atoms with Gasteiger partial charge in [-0.2, -0.15) is 0 Å². The molecule has 11 heteroatoms. The lowest BCUT2D eigenvalue weighted by Crippen LogP contribution is -2.21. The van der Waals surface area contributed by atoms with Gasteiger partial charge in [-0.25, -0.2) is 13.4 Å². The summed E-state index contributed by atoms with van der Waals surface area (Å²) in [6.07, 6.45) is -2.39. The van der Waals surface area contributed by atoms with Gasteiger partial charge in [0.1, 0.15) is 4.90 Å². The molecule has 0 fully saturated rings. The van der Waals surface area contributed by atoms with E-state index in [0.717, 1.165) is 12.1 Å². The average molecular weight is 463 g/mol. The third kappa shape index (κ3) is 4.80. The second kappa shape index (κ2) is 7.24. The molecular weight excluding hydrogens is 453 g/mol. The van der Waals surface area contributed by atoms with Crippen molar-refractivity contribution >= 4 is 31.6 Å². The Morgan fingerprint density at radius 2 is 1.93 bits per heavy atom. The molecule has 6 nitrogen and oxygen atoms in total. The number of ether oxygens (including phenoxy) is 1. The minimum atomic E-state index is -5.04. The quantitative estimate of drug-likeness (QED) is 0.588. The molecule has 142 valence electrons. The van der Waals surface area contributed by atoms with Crippen LogP contribution in [0.4, 0.5) is 18.9 Å². The number of aromatic nitrogens is 1. The summed E-state index contributed by atoms with van der Waals surface area (Å²) in [5, 5.41) is 0. The molecule has 0 aliphatic rings. The minimum absolute atomic E-state index is 0.129. The van der Waals surface area contributed by atoms with Gasteiger partial charge in [-0.3, -0.25) is 4.72 Å². The Morgan fingerprint density at radius 1 is 1.15 bits per heavy atom. The summed E-state index contributed by atoms with van der Waals surface area (Å²) in [7, 11) is -4.36. The monoisotopic (exact) mass is 462 g/mol. The molecule has 3 rings (SSSR count). The summed E-state index contributed by atoms with van der Waals surface area (Å²) < 4.78 is 74.5. The lowest BCUT2D eigenvalue weighted by molar-refractivity contribution is -0.275. The summed E-state index contributed by atoms with van der Waals surface area (Å²) in [6, 6.07) is 9.35. The molecule has 0 atom stereocenters. The van der Waals surface area contributed by atoms with Crippen LogP contribution in [0.15, 0.2) is 68.8 Å². The third-order valence-electron chi connectivity index (χ3n) is 3.25. The van der Waals surface area contributed by atoms with Crippen LogP contribution in [0.5, 0.6) is 5.75 Å². The molecular formula is C16H10BrF3N2O4S. The molecule has 0 radical (unpaired) electrons. The van der Waals surface area contributed by atoms with Crippen molar-refractivity contribution < 1.29 is 30.7 Å². The van der Waals surface area contributed by atoms with Crippen LogP contribution in [-0.2, 0) is 10.0 Å². The van der Waals surface area contributed by atoms with Gasteiger partial charge in [0, 0.05) is 15.7 Å². The molecule has 2 aromatic carbocycles. The predicted octanol–water partition coefficient (Wildman–Crippen LogP) is 4.80. The standard InChI is InChI=1S/C16H10BrF3N2O4S/c17-11-4-5-15(13(7-11)26-16(18,19)20)27(23,24)22-12-3-1-2-10(6-12)14-8-21-9-25-14/h1-9,22H. The molecule has 0 amide bonds. The maximum atomic E-state index is 12.6. The summed E-state index contributed by atoms with van der Waals surface area (Å²) in [4.78, 5) is 3.11. The number of hydrogen-bond donors (Lipinski definition) is 1. The lowest BCUT2D eigenvalue weighted by Gasteiger charge is -2.15. The molecule has 0 saturated carbocycles. The highest BCUT2D eigenvalue weighted by Gasteiger charge is 2.34. The Morgan fingerprint density at radius 3 is 2.59 bits per heavy atom. The highest BCUT2D eigenvalue weighted by atomic mass is 79.9. The third-order valence-corrected chi connectivity index (χ3v) is 5.17. The van der Waals surface area contributed by atoms with Crippen molar-refractivity contribution in [3.63, 3.8) is 0 Å². The number of nitrogens with zero attached hydrogens (tertiary/aromatic N) is 1. The summed E-state index contributed by atoms with van der Waals surface area (Å²) >= 11 is 2.99. The van der Waals surface area contributed by atoms with Gasteiger partial charge in [0.25, 0.3) is 10.0 Å². The number of anilines is 1. The maximum absolute atomic E-state index is 12.6. The van der Waals surface area contributed by atoms with Gasteiger partial charge in [0.15, 0.2) is 17.9 Å². The van der Waals surface area contributed by atoms with Crippen LogP contribution in [0.2, 0.25) is 0 Å². The van der Waals surface area contributed by atoms with Gasteiger partial charge in [-0.05, 0) is 30.3 Å². The van der Waals surface area contributed by atoms with Gasteiger partial charge < -0.3 is 9.15 Å². The van der Waals surface area contributed by atoms with Crippen LogP contribution in [0.3, 0.4) is 0 Å². The second-order valence-corrected chi connectivity index (χ2v) is 7.76. The van der Waals surface area contributed by atoms with Crippen molar-refractivity contribution in [2.75, 3.05) is 4.72 Å². The molecule has 1 heterocycles. The van der Waals surface area contributed by atoms with E-state index in [9.17, 15) is 21.6 Å². The Bertz CT molecular complexity index is 1050. The molecule has 0 aliphatic heterocycles. The van der Waals surface area contributed by atoms with Crippen molar-refractivity contribution in [2.24, 2.45) is 0 Å². The first kappa shape index (κ1) is 19.2. The molecule has 0 bridgehead atoms. The van der Waals surface area contributed by atoms with E-state index < -0.39 is 27.0 Å². The highest BCUT2D eigenvalue weighted by molar-refractivity contribution is 9.10. The number of oxazole rings is 1. The van der Waals surface area contributed by atoms with E-state index in [1.807, 2.05) is 0 Å². The fraction of sp³-hybridized carbons (Fsp3) is 0.0625. The highest BCUT2D eigenvalue weighted by Crippen LogP contribution is 2.33. The molecule has 27 heavy (non-hydrogen) atoms. The van der Waals surface area contributed by atoms with Crippen molar-refractivity contribution in [3.05, 3.63) is 59.5 Å². The van der Waals surface area contributed by atoms with Crippen LogP contribution in [0.1, 0.15) is 0 Å². The molecule has 3 aromatic rings. The van der Waals surface area contributed by atoms with E-state index in [-0.39, 0.29) is 10.2 Å². The largest absolute Gasteiger partial charge is 0.573 e. The van der Waals surface area contributed by atoms with Gasteiger partial charge in [0.05, 0.1) is 6.20 Å². The van der Waals surface area contributed by atoms with E-state index in [4.69, 9.17) is 4.42 Å². The van der Waals surface area contributed by atoms with E-state index in [0.29, 0.717) is 11.3 Å². The lowest BCUT2D eigenvalue weighted by atomic mass is 10.2. The molecule has 0 aliphatic carbocycles. The maximum Gasteiger partial charge on any atom is 0.573 e. The number of benzene rings is 2. The number of hydrogen-bond acceptors (Lipinski definition) is 5. The van der Waals surface area contributed by atoms with Crippen molar-refractivity contribution in [3.8, 4) is 17.1 Å². The second-order valence-electron chi connectivity index (χ2n) is 5.19. The molecule has 1 N–H and O–H groups in total. The topological polar surface area (TPSA) is 81.4 Å². The Balaban J connectivity index is 1.95. The summed E-state index contributed by atoms with van der Waals surface area (Å²) in [5.41, 5.74) is 0.667. The van der Waals surface area contributed by atoms with Crippen molar-refractivity contribution in [2.45, 2.75) is 11.3 Å². The zero-order chi connectivity index (χ0) is 19.7. The number of nitrogens with one attached hydrogen (secondary N) is 1. The van der Waals surface area contributed by atoms with Crippen LogP contribution >= 0.6 is 15.9 Å². The van der Waals surface area contributed by atoms with Gasteiger partial charge in [-0.15, -0.1) is 13.2 Å². The fourth-order valence-corrected chi connectivity index (χ4v) is 3.71. The van der Waals surface area contributed by atoms with Crippen molar-refractivity contribution in [1.82, 2.24) is 4.98 Å². The first-order chi connectivity index (χ1) is 12.6. The van der Waals surface area contributed by atoms with Crippen LogP contribution in [-0.4, -0.2) is 19.8 Å². The first-order valence-electron chi connectivity index (χ1n) is 7.21. The van der Waals surface area contributed by atoms with Gasteiger partial charge in [0.2, 0.25) is 0 Å². The minimum Gasteiger partial charge on any atom is -0.444 e. The Labute approximate surface area is 160 Å². The van der Waals surface area contributed by atoms with E-state index in [1.54, 1.807) is 12.1 Å². The molecule has 1 aromatic heterocycles. The first-order valence-corrected chi connectivity index (χ1v) is 9.49. The van der Waals surface area contributed by atoms with Crippen molar-refractivity contribution in [1.29, 1.82) is 0 Å². The Kier molecular flexibility index (Phi) is 5.16. The summed E-state index contributed by atoms with van der Waals surface area (Å²) in [6.45, 7) is 0. The van der Waals surface area contributed by atoms with E-state index >= 15 is 0 Å². The average Bonchev–Trinajstić information content (AvgIpc) is 3.07. The summed E-state index contributed by atoms with van der Waals surface area (Å²) in [5.74, 6) is -0.448. The van der Waals surface area contributed by atoms with E-state index in [2.05, 4.69) is 30.4 Å². The molecule has 0 spiro atoms. The van der Waals surface area contributed by atoms with Crippen LogP contribution in [0.25, 0.3) is 11.3 Å². The van der Waals surface area contributed by atoms with Crippen LogP contribution in [0, 0.1) is 0 Å². The number of sulfonamides is 1. The fourth-order valence-electron chi connectivity index (χ4n) is 2.21. The predicted molar refractivity (Wildman–Crippen MR) is 93.6 cm³/mol. The van der Waals surface area contributed by atoms with Gasteiger partial charge >= 0.3 is 6.36 Å². The SMILES string of the molecule is O=S(=O)(Nc1cccc(-c2cnco2)c1)c1ccc(Br)cc1OC(F)(F)F. The van der Waals surface area contributed by atoms with E-state index in [1.165, 1.54) is 30.8 Å². The normalized spacial score (nSPS) is 12.0. The smallest absolute Gasteiger partial charge is 0.444 e. The zero-order valence-electron chi connectivity index (χ0n) is 13.2. The van der Waals surface area contributed by atoms with Crippen LogP contribution < -0.4 is 9.46 Å². The zero-order valence-corrected chi connectivity index (χ0v) is 15.6. The number of halogens is 4. The Hall–Kier alpha value is -2.53. The van der Waals surface area contributed by atoms with Gasteiger partial charge in [-0.1, -0.05) is 28.1 Å². The molecule has 0 saturated heterocycles. The number of rotatable bonds is 5. The number of alkyl halides is 3.